The van der Waals surface area contributed by atoms with E-state index in [-0.39, 0.29) is 27.9 Å². The third-order valence-electron chi connectivity index (χ3n) is 3.49. The first kappa shape index (κ1) is 18.1. The number of halogens is 2. The first-order valence-corrected chi connectivity index (χ1v) is 8.28. The second-order valence-electron chi connectivity index (χ2n) is 5.32. The lowest BCUT2D eigenvalue weighted by molar-refractivity contribution is 0.189. The van der Waals surface area contributed by atoms with E-state index in [2.05, 4.69) is 52.0 Å². The van der Waals surface area contributed by atoms with Crippen LogP contribution in [0.4, 0.5) is 20.7 Å². The average molecular weight is 429 g/mol. The number of carbonyl (C=O) groups excluding carboxylic acids is 1. The molecular formula is C14H14BrFN6O4. The van der Waals surface area contributed by atoms with Crippen LogP contribution >= 0.6 is 15.9 Å². The molecule has 2 heterocycles. The number of rotatable bonds is 4. The quantitative estimate of drug-likeness (QED) is 0.253. The fourth-order valence-electron chi connectivity index (χ4n) is 2.25. The van der Waals surface area contributed by atoms with Crippen molar-refractivity contribution in [2.24, 2.45) is 5.16 Å². The topological polar surface area (TPSA) is 134 Å². The number of hydrogen-bond donors (Lipinski definition) is 4. The number of benzene rings is 1. The molecule has 3 rings (SSSR count). The molecule has 0 spiro atoms. The number of urea groups is 1. The van der Waals surface area contributed by atoms with Crippen LogP contribution in [0.1, 0.15) is 12.1 Å². The predicted molar refractivity (Wildman–Crippen MR) is 91.7 cm³/mol. The van der Waals surface area contributed by atoms with Gasteiger partial charge in [-0.05, 0) is 50.9 Å². The normalized spacial score (nSPS) is 17.2. The van der Waals surface area contributed by atoms with Gasteiger partial charge in [0.2, 0.25) is 11.7 Å². The first-order chi connectivity index (χ1) is 12.6. The minimum absolute atomic E-state index is 0.0363. The fraction of sp³-hybridized carbons (Fsp3) is 0.286. The standard InChI is InChI=1S/C14H14BrFN6O4/c15-9-5-7(1-2-10(9)16)17-12(20-24)11-13(22-26-21-11)19-14(23)18-8-3-4-25-6-8/h1-2,5,8,24H,3-4,6H2,(H,17,20)(H2,18,19,22,23). The highest BCUT2D eigenvalue weighted by Crippen LogP contribution is 2.21. The van der Waals surface area contributed by atoms with Crippen molar-refractivity contribution in [3.63, 3.8) is 0 Å². The summed E-state index contributed by atoms with van der Waals surface area (Å²) >= 11 is 3.06. The van der Waals surface area contributed by atoms with Crippen molar-refractivity contribution in [2.45, 2.75) is 12.5 Å². The highest BCUT2D eigenvalue weighted by atomic mass is 79.9. The lowest BCUT2D eigenvalue weighted by atomic mass is 10.3. The Morgan fingerprint density at radius 1 is 1.38 bits per heavy atom. The smallest absolute Gasteiger partial charge is 0.320 e. The Morgan fingerprint density at radius 3 is 2.92 bits per heavy atom. The molecule has 1 fully saturated rings. The molecule has 0 radical (unpaired) electrons. The molecular weight excluding hydrogens is 415 g/mol. The van der Waals surface area contributed by atoms with Gasteiger partial charge >= 0.3 is 6.03 Å². The van der Waals surface area contributed by atoms with Crippen LogP contribution in [-0.2, 0) is 4.74 Å². The highest BCUT2D eigenvalue weighted by molar-refractivity contribution is 9.10. The number of nitrogens with zero attached hydrogens (tertiary/aromatic N) is 3. The molecule has 2 aromatic rings. The third kappa shape index (κ3) is 4.26. The molecule has 0 bridgehead atoms. The van der Waals surface area contributed by atoms with Crippen molar-refractivity contribution in [1.82, 2.24) is 15.6 Å². The fourth-order valence-corrected chi connectivity index (χ4v) is 2.62. The van der Waals surface area contributed by atoms with E-state index in [1.807, 2.05) is 0 Å². The Labute approximate surface area is 154 Å². The van der Waals surface area contributed by atoms with Crippen LogP contribution in [0.5, 0.6) is 0 Å². The molecule has 138 valence electrons. The number of nitrogens with one attached hydrogen (secondary N) is 3. The lowest BCUT2D eigenvalue weighted by Crippen LogP contribution is -2.38. The summed E-state index contributed by atoms with van der Waals surface area (Å²) in [6.45, 7) is 1.02. The Morgan fingerprint density at radius 2 is 2.23 bits per heavy atom. The maximum atomic E-state index is 13.3. The summed E-state index contributed by atoms with van der Waals surface area (Å²) in [7, 11) is 0. The molecule has 1 aliphatic rings. The highest BCUT2D eigenvalue weighted by Gasteiger charge is 2.22. The minimum atomic E-state index is -0.528. The Bertz CT molecular complexity index is 824. The summed E-state index contributed by atoms with van der Waals surface area (Å²) in [6.07, 6.45) is 0.710. The zero-order chi connectivity index (χ0) is 18.5. The summed E-state index contributed by atoms with van der Waals surface area (Å²) in [5.74, 6) is -0.650. The van der Waals surface area contributed by atoms with Gasteiger partial charge in [-0.2, -0.15) is 0 Å². The molecule has 0 aliphatic carbocycles. The van der Waals surface area contributed by atoms with Crippen molar-refractivity contribution in [2.75, 3.05) is 23.8 Å². The second-order valence-corrected chi connectivity index (χ2v) is 6.18. The predicted octanol–water partition coefficient (Wildman–Crippen LogP) is 2.13. The SMILES string of the molecule is O=C(Nc1nonc1/C(=N/O)Nc1ccc(F)c(Br)c1)NC1CCOC1. The Hall–Kier alpha value is -2.73. The van der Waals surface area contributed by atoms with E-state index < -0.39 is 11.8 Å². The van der Waals surface area contributed by atoms with Gasteiger partial charge in [-0.1, -0.05) is 5.16 Å². The molecule has 10 nitrogen and oxygen atoms in total. The van der Waals surface area contributed by atoms with E-state index in [9.17, 15) is 14.4 Å². The molecule has 1 atom stereocenters. The van der Waals surface area contributed by atoms with E-state index in [0.717, 1.165) is 0 Å². The lowest BCUT2D eigenvalue weighted by Gasteiger charge is -2.11. The summed E-state index contributed by atoms with van der Waals surface area (Å²) in [5, 5.41) is 27.5. The average Bonchev–Trinajstić information content (AvgIpc) is 3.28. The van der Waals surface area contributed by atoms with E-state index in [4.69, 9.17) is 4.74 Å². The first-order valence-electron chi connectivity index (χ1n) is 7.49. The van der Waals surface area contributed by atoms with E-state index in [0.29, 0.717) is 25.3 Å². The van der Waals surface area contributed by atoms with Crippen LogP contribution in [0.15, 0.2) is 32.5 Å². The van der Waals surface area contributed by atoms with Gasteiger partial charge < -0.3 is 20.6 Å². The number of aromatic nitrogens is 2. The van der Waals surface area contributed by atoms with Crippen molar-refractivity contribution in [1.29, 1.82) is 0 Å². The van der Waals surface area contributed by atoms with Gasteiger partial charge in [0, 0.05) is 12.3 Å². The Kier molecular flexibility index (Phi) is 5.63. The van der Waals surface area contributed by atoms with Gasteiger partial charge in [-0.3, -0.25) is 5.32 Å². The number of carbonyl (C=O) groups is 1. The zero-order valence-corrected chi connectivity index (χ0v) is 14.8. The van der Waals surface area contributed by atoms with Gasteiger partial charge in [0.15, 0.2) is 5.69 Å². The molecule has 2 amide bonds. The maximum Gasteiger partial charge on any atom is 0.320 e. The largest absolute Gasteiger partial charge is 0.409 e. The molecule has 12 heteroatoms. The molecule has 1 aliphatic heterocycles. The van der Waals surface area contributed by atoms with Crippen LogP contribution in [-0.4, -0.2) is 46.6 Å². The molecule has 0 saturated carbocycles. The van der Waals surface area contributed by atoms with E-state index >= 15 is 0 Å². The summed E-state index contributed by atoms with van der Waals surface area (Å²) in [5.41, 5.74) is 0.373. The zero-order valence-electron chi connectivity index (χ0n) is 13.2. The molecule has 1 saturated heterocycles. The molecule has 1 aromatic heterocycles. The molecule has 4 N–H and O–H groups in total. The maximum absolute atomic E-state index is 13.3. The van der Waals surface area contributed by atoms with Crippen molar-refractivity contribution < 1.29 is 23.8 Å². The van der Waals surface area contributed by atoms with E-state index in [1.54, 1.807) is 0 Å². The van der Waals surface area contributed by atoms with Gasteiger partial charge in [-0.25, -0.2) is 13.8 Å². The second kappa shape index (κ2) is 8.10. The number of amides is 2. The van der Waals surface area contributed by atoms with Gasteiger partial charge in [0.25, 0.3) is 0 Å². The van der Waals surface area contributed by atoms with Gasteiger partial charge in [0.1, 0.15) is 5.82 Å². The van der Waals surface area contributed by atoms with Crippen molar-refractivity contribution >= 4 is 39.3 Å². The van der Waals surface area contributed by atoms with E-state index in [1.165, 1.54) is 18.2 Å². The minimum Gasteiger partial charge on any atom is -0.409 e. The summed E-state index contributed by atoms with van der Waals surface area (Å²) < 4.78 is 23.3. The third-order valence-corrected chi connectivity index (χ3v) is 4.10. The van der Waals surface area contributed by atoms with Gasteiger partial charge in [-0.15, -0.1) is 0 Å². The number of oxime groups is 1. The molecule has 26 heavy (non-hydrogen) atoms. The number of amidine groups is 1. The number of hydrogen-bond acceptors (Lipinski definition) is 7. The number of anilines is 2. The molecule has 1 aromatic carbocycles. The monoisotopic (exact) mass is 428 g/mol. The summed E-state index contributed by atoms with van der Waals surface area (Å²) in [4.78, 5) is 12.0. The number of ether oxygens (including phenoxy) is 1. The van der Waals surface area contributed by atoms with Crippen LogP contribution in [0.2, 0.25) is 0 Å². The van der Waals surface area contributed by atoms with Crippen LogP contribution in [0.3, 0.4) is 0 Å². The Balaban J connectivity index is 1.70. The van der Waals surface area contributed by atoms with Crippen molar-refractivity contribution in [3.8, 4) is 0 Å². The van der Waals surface area contributed by atoms with Crippen LogP contribution in [0.25, 0.3) is 0 Å². The van der Waals surface area contributed by atoms with Gasteiger partial charge in [0.05, 0.1) is 17.1 Å². The van der Waals surface area contributed by atoms with Crippen molar-refractivity contribution in [3.05, 3.63) is 34.2 Å². The molecule has 1 unspecified atom stereocenters. The summed E-state index contributed by atoms with van der Waals surface area (Å²) in [6, 6.07) is 3.46. The van der Waals surface area contributed by atoms with Crippen LogP contribution < -0.4 is 16.0 Å². The van der Waals surface area contributed by atoms with Crippen LogP contribution in [0, 0.1) is 5.82 Å².